The van der Waals surface area contributed by atoms with Crippen molar-refractivity contribution < 1.29 is 9.53 Å². The van der Waals surface area contributed by atoms with Crippen LogP contribution in [0.2, 0.25) is 0 Å². The fourth-order valence-corrected chi connectivity index (χ4v) is 1.88. The molecule has 1 aromatic carbocycles. The van der Waals surface area contributed by atoms with Gasteiger partial charge < -0.3 is 10.1 Å². The molecule has 100 valence electrons. The maximum atomic E-state index is 11.6. The van der Waals surface area contributed by atoms with Gasteiger partial charge in [-0.1, -0.05) is 19.4 Å². The van der Waals surface area contributed by atoms with Crippen LogP contribution < -0.4 is 10.1 Å². The monoisotopic (exact) mass is 249 g/mol. The molecule has 0 unspecified atom stereocenters. The minimum atomic E-state index is 0.129. The Balaban J connectivity index is 2.62. The molecule has 0 aliphatic carbocycles. The number of aryl methyl sites for hydroxylation is 2. The van der Waals surface area contributed by atoms with Crippen LogP contribution in [0.5, 0.6) is 5.75 Å². The fraction of sp³-hybridized carbons (Fsp3) is 0.533. The lowest BCUT2D eigenvalue weighted by Gasteiger charge is -2.12. The molecule has 3 heteroatoms. The van der Waals surface area contributed by atoms with Crippen molar-refractivity contribution >= 4 is 5.91 Å². The molecule has 0 fully saturated rings. The molecule has 0 saturated carbocycles. The Kier molecular flexibility index (Phi) is 5.69. The van der Waals surface area contributed by atoms with E-state index in [0.717, 1.165) is 35.3 Å². The van der Waals surface area contributed by atoms with Crippen molar-refractivity contribution in [3.8, 4) is 5.75 Å². The Hall–Kier alpha value is -1.51. The topological polar surface area (TPSA) is 38.3 Å². The molecule has 1 rings (SSSR count). The highest BCUT2D eigenvalue weighted by Gasteiger charge is 2.06. The van der Waals surface area contributed by atoms with Crippen molar-refractivity contribution in [1.29, 1.82) is 0 Å². The molecule has 0 aliphatic heterocycles. The molecule has 0 atom stereocenters. The van der Waals surface area contributed by atoms with Gasteiger partial charge in [0.15, 0.2) is 0 Å². The van der Waals surface area contributed by atoms with Crippen LogP contribution in [0.15, 0.2) is 12.1 Å². The van der Waals surface area contributed by atoms with E-state index < -0.39 is 0 Å². The Bertz CT molecular complexity index is 413. The van der Waals surface area contributed by atoms with E-state index >= 15 is 0 Å². The molecule has 1 aromatic rings. The molecule has 0 saturated heterocycles. The predicted octanol–water partition coefficient (Wildman–Crippen LogP) is 3.12. The maximum absolute atomic E-state index is 11.6. The van der Waals surface area contributed by atoms with Gasteiger partial charge >= 0.3 is 0 Å². The van der Waals surface area contributed by atoms with Crippen molar-refractivity contribution in [2.24, 2.45) is 0 Å². The number of carbonyl (C=O) groups excluding carboxylic acids is 1. The van der Waals surface area contributed by atoms with E-state index in [1.54, 1.807) is 7.11 Å². The summed E-state index contributed by atoms with van der Waals surface area (Å²) in [5.41, 5.74) is 3.40. The molecule has 0 radical (unpaired) electrons. The summed E-state index contributed by atoms with van der Waals surface area (Å²) in [5, 5.41) is 2.96. The summed E-state index contributed by atoms with van der Waals surface area (Å²) in [5.74, 6) is 1.03. The summed E-state index contributed by atoms with van der Waals surface area (Å²) < 4.78 is 5.27. The zero-order chi connectivity index (χ0) is 13.5. The highest BCUT2D eigenvalue weighted by Crippen LogP contribution is 2.22. The fourth-order valence-electron chi connectivity index (χ4n) is 1.88. The van der Waals surface area contributed by atoms with Gasteiger partial charge in [0.25, 0.3) is 0 Å². The maximum Gasteiger partial charge on any atom is 0.220 e. The summed E-state index contributed by atoms with van der Waals surface area (Å²) in [6, 6.07) is 4.09. The number of nitrogens with one attached hydrogen (secondary N) is 1. The van der Waals surface area contributed by atoms with Gasteiger partial charge in [0.2, 0.25) is 5.91 Å². The molecule has 0 heterocycles. The van der Waals surface area contributed by atoms with Crippen LogP contribution in [0.1, 0.15) is 42.9 Å². The highest BCUT2D eigenvalue weighted by molar-refractivity contribution is 5.75. The van der Waals surface area contributed by atoms with Crippen LogP contribution in [-0.2, 0) is 11.3 Å². The lowest BCUT2D eigenvalue weighted by Crippen LogP contribution is -2.22. The van der Waals surface area contributed by atoms with Crippen molar-refractivity contribution in [1.82, 2.24) is 5.32 Å². The minimum Gasteiger partial charge on any atom is -0.496 e. The van der Waals surface area contributed by atoms with Gasteiger partial charge in [0.05, 0.1) is 7.11 Å². The zero-order valence-corrected chi connectivity index (χ0v) is 11.8. The van der Waals surface area contributed by atoms with Gasteiger partial charge in [-0.05, 0) is 43.0 Å². The molecule has 0 spiro atoms. The molecule has 3 nitrogen and oxygen atoms in total. The quantitative estimate of drug-likeness (QED) is 0.841. The molecule has 1 amide bonds. The van der Waals surface area contributed by atoms with E-state index in [1.165, 1.54) is 0 Å². The number of ether oxygens (including phenoxy) is 1. The summed E-state index contributed by atoms with van der Waals surface area (Å²) in [6.07, 6.45) is 2.62. The van der Waals surface area contributed by atoms with Gasteiger partial charge in [-0.15, -0.1) is 0 Å². The van der Waals surface area contributed by atoms with Gasteiger partial charge in [-0.3, -0.25) is 4.79 Å². The van der Waals surface area contributed by atoms with Crippen LogP contribution in [0.4, 0.5) is 0 Å². The van der Waals surface area contributed by atoms with Crippen molar-refractivity contribution in [2.75, 3.05) is 7.11 Å². The van der Waals surface area contributed by atoms with Crippen molar-refractivity contribution in [3.63, 3.8) is 0 Å². The summed E-state index contributed by atoms with van der Waals surface area (Å²) in [7, 11) is 1.67. The number of rotatable bonds is 6. The van der Waals surface area contributed by atoms with Gasteiger partial charge in [0, 0.05) is 13.0 Å². The smallest absolute Gasteiger partial charge is 0.220 e. The average molecular weight is 249 g/mol. The largest absolute Gasteiger partial charge is 0.496 e. The van der Waals surface area contributed by atoms with E-state index in [1.807, 2.05) is 19.9 Å². The molecule has 0 aromatic heterocycles. The third-order valence-electron chi connectivity index (χ3n) is 3.09. The summed E-state index contributed by atoms with van der Waals surface area (Å²) >= 11 is 0. The number of hydrogen-bond acceptors (Lipinski definition) is 2. The predicted molar refractivity (Wildman–Crippen MR) is 73.8 cm³/mol. The first kappa shape index (κ1) is 14.6. The summed E-state index contributed by atoms with van der Waals surface area (Å²) in [6.45, 7) is 6.74. The number of hydrogen-bond donors (Lipinski definition) is 1. The van der Waals surface area contributed by atoms with E-state index in [9.17, 15) is 4.79 Å². The van der Waals surface area contributed by atoms with Crippen LogP contribution in [-0.4, -0.2) is 13.0 Å². The molecule has 1 N–H and O–H groups in total. The second kappa shape index (κ2) is 7.04. The standard InChI is InChI=1S/C15H23NO2/c1-5-6-7-15(17)16-10-13-8-12(3)14(18-4)9-11(13)2/h8-9H,5-7,10H2,1-4H3,(H,16,17). The number of benzene rings is 1. The Morgan fingerprint density at radius 3 is 2.61 bits per heavy atom. The lowest BCUT2D eigenvalue weighted by atomic mass is 10.0. The Morgan fingerprint density at radius 2 is 2.00 bits per heavy atom. The van der Waals surface area contributed by atoms with Crippen molar-refractivity contribution in [2.45, 2.75) is 46.6 Å². The first-order valence-corrected chi connectivity index (χ1v) is 6.49. The third-order valence-corrected chi connectivity index (χ3v) is 3.09. The van der Waals surface area contributed by atoms with Gasteiger partial charge in [0.1, 0.15) is 5.75 Å². The lowest BCUT2D eigenvalue weighted by molar-refractivity contribution is -0.121. The molecule has 18 heavy (non-hydrogen) atoms. The second-order valence-corrected chi connectivity index (χ2v) is 4.63. The number of unbranched alkanes of at least 4 members (excludes halogenated alkanes) is 1. The number of methoxy groups -OCH3 is 1. The van der Waals surface area contributed by atoms with Crippen molar-refractivity contribution in [3.05, 3.63) is 28.8 Å². The molecular weight excluding hydrogens is 226 g/mol. The van der Waals surface area contributed by atoms with Gasteiger partial charge in [-0.25, -0.2) is 0 Å². The van der Waals surface area contributed by atoms with E-state index in [4.69, 9.17) is 4.74 Å². The zero-order valence-electron chi connectivity index (χ0n) is 11.8. The number of carbonyl (C=O) groups is 1. The highest BCUT2D eigenvalue weighted by atomic mass is 16.5. The molecular formula is C15H23NO2. The van der Waals surface area contributed by atoms with Crippen LogP contribution >= 0.6 is 0 Å². The van der Waals surface area contributed by atoms with Crippen LogP contribution in [0.25, 0.3) is 0 Å². The number of amides is 1. The summed E-state index contributed by atoms with van der Waals surface area (Å²) in [4.78, 5) is 11.6. The van der Waals surface area contributed by atoms with Crippen LogP contribution in [0.3, 0.4) is 0 Å². The van der Waals surface area contributed by atoms with E-state index in [-0.39, 0.29) is 5.91 Å². The first-order chi connectivity index (χ1) is 8.58. The molecule has 0 aliphatic rings. The van der Waals surface area contributed by atoms with E-state index in [2.05, 4.69) is 18.3 Å². The normalized spacial score (nSPS) is 10.2. The van der Waals surface area contributed by atoms with Gasteiger partial charge in [-0.2, -0.15) is 0 Å². The van der Waals surface area contributed by atoms with Crippen LogP contribution in [0, 0.1) is 13.8 Å². The Labute approximate surface area is 110 Å². The minimum absolute atomic E-state index is 0.129. The second-order valence-electron chi connectivity index (χ2n) is 4.63. The third kappa shape index (κ3) is 4.06. The SMILES string of the molecule is CCCCC(=O)NCc1cc(C)c(OC)cc1C. The first-order valence-electron chi connectivity index (χ1n) is 6.49. The average Bonchev–Trinajstić information content (AvgIpc) is 2.36. The van der Waals surface area contributed by atoms with E-state index in [0.29, 0.717) is 13.0 Å². The Morgan fingerprint density at radius 1 is 1.28 bits per heavy atom. The molecule has 0 bridgehead atoms.